The van der Waals surface area contributed by atoms with Crippen molar-refractivity contribution in [3.8, 4) is 11.5 Å². The van der Waals surface area contributed by atoms with E-state index in [0.717, 1.165) is 25.9 Å². The van der Waals surface area contributed by atoms with E-state index in [4.69, 9.17) is 4.42 Å². The molecular formula is C25H30N4O3. The molecule has 6 rings (SSSR count). The van der Waals surface area contributed by atoms with Gasteiger partial charge in [-0.2, -0.15) is 5.10 Å². The van der Waals surface area contributed by atoms with E-state index in [2.05, 4.69) is 16.1 Å². The number of aromatic nitrogens is 2. The Bertz CT molecular complexity index is 1090. The number of carbonyl (C=O) groups is 1. The number of hydrogen-bond donors (Lipinski definition) is 0. The van der Waals surface area contributed by atoms with Crippen LogP contribution in [-0.4, -0.2) is 57.2 Å². The molecule has 0 aromatic carbocycles. The minimum atomic E-state index is -0.265. The summed E-state index contributed by atoms with van der Waals surface area (Å²) in [5.41, 5.74) is 1.75. The summed E-state index contributed by atoms with van der Waals surface area (Å²) in [6.07, 6.45) is 11.3. The molecule has 1 aliphatic carbocycles. The number of fused-ring (bicyclic) bond motifs is 6. The number of likely N-dealkylation sites (tertiary alicyclic amines) is 1. The molecule has 0 radical (unpaired) electrons. The van der Waals surface area contributed by atoms with Crippen LogP contribution in [0.2, 0.25) is 0 Å². The highest BCUT2D eigenvalue weighted by Gasteiger charge is 2.46. The van der Waals surface area contributed by atoms with Crippen LogP contribution in [0.5, 0.6) is 0 Å². The number of hydrogen-bond acceptors (Lipinski definition) is 5. The van der Waals surface area contributed by atoms with Gasteiger partial charge >= 0.3 is 0 Å². The predicted octanol–water partition coefficient (Wildman–Crippen LogP) is 2.92. The van der Waals surface area contributed by atoms with Crippen molar-refractivity contribution in [2.75, 3.05) is 19.6 Å². The van der Waals surface area contributed by atoms with Crippen molar-refractivity contribution < 1.29 is 9.21 Å². The van der Waals surface area contributed by atoms with Crippen molar-refractivity contribution in [3.63, 3.8) is 0 Å². The topological polar surface area (TPSA) is 71.6 Å². The normalized spacial score (nSPS) is 29.8. The second-order valence-electron chi connectivity index (χ2n) is 9.79. The van der Waals surface area contributed by atoms with Crippen molar-refractivity contribution >= 4 is 5.91 Å². The van der Waals surface area contributed by atoms with Crippen LogP contribution in [0.4, 0.5) is 0 Å². The van der Waals surface area contributed by atoms with Crippen molar-refractivity contribution in [1.82, 2.24) is 19.6 Å². The Hall–Kier alpha value is -2.67. The van der Waals surface area contributed by atoms with Gasteiger partial charge in [0.1, 0.15) is 12.2 Å². The molecule has 4 aliphatic rings. The van der Waals surface area contributed by atoms with Crippen LogP contribution in [0, 0.1) is 11.8 Å². The van der Waals surface area contributed by atoms with Crippen molar-refractivity contribution in [1.29, 1.82) is 0 Å². The second kappa shape index (κ2) is 8.03. The van der Waals surface area contributed by atoms with Gasteiger partial charge in [-0.15, -0.1) is 0 Å². The number of furan rings is 1. The van der Waals surface area contributed by atoms with Gasteiger partial charge in [0.25, 0.3) is 5.56 Å². The largest absolute Gasteiger partial charge is 0.463 e. The van der Waals surface area contributed by atoms with Gasteiger partial charge in [0, 0.05) is 25.2 Å². The van der Waals surface area contributed by atoms with E-state index in [1.54, 1.807) is 24.5 Å². The molecule has 168 valence electrons. The van der Waals surface area contributed by atoms with E-state index < -0.39 is 0 Å². The van der Waals surface area contributed by atoms with Gasteiger partial charge in [-0.25, -0.2) is 4.68 Å². The molecule has 7 heteroatoms. The first-order valence-electron chi connectivity index (χ1n) is 12.0. The lowest BCUT2D eigenvalue weighted by molar-refractivity contribution is -0.137. The first-order valence-corrected chi connectivity index (χ1v) is 12.0. The second-order valence-corrected chi connectivity index (χ2v) is 9.79. The van der Waals surface area contributed by atoms with E-state index in [1.807, 2.05) is 4.90 Å². The van der Waals surface area contributed by atoms with Crippen LogP contribution < -0.4 is 5.56 Å². The third-order valence-electron chi connectivity index (χ3n) is 7.90. The highest BCUT2D eigenvalue weighted by Crippen LogP contribution is 2.45. The molecule has 2 aromatic heterocycles. The van der Waals surface area contributed by atoms with Crippen molar-refractivity contribution in [3.05, 3.63) is 52.5 Å². The first kappa shape index (κ1) is 20.0. The minimum absolute atomic E-state index is 0.00832. The van der Waals surface area contributed by atoms with Gasteiger partial charge in [0.05, 0.1) is 12.3 Å². The third kappa shape index (κ3) is 3.43. The van der Waals surface area contributed by atoms with Crippen LogP contribution in [0.25, 0.3) is 11.5 Å². The molecule has 2 bridgehead atoms. The fourth-order valence-corrected chi connectivity index (χ4v) is 6.59. The lowest BCUT2D eigenvalue weighted by atomic mass is 9.68. The maximum absolute atomic E-state index is 13.5. The highest BCUT2D eigenvalue weighted by molar-refractivity contribution is 5.77. The zero-order valence-electron chi connectivity index (χ0n) is 18.4. The average molecular weight is 435 g/mol. The smallest absolute Gasteiger partial charge is 0.267 e. The average Bonchev–Trinajstić information content (AvgIpc) is 3.35. The molecule has 1 amide bonds. The molecule has 7 nitrogen and oxygen atoms in total. The van der Waals surface area contributed by atoms with Gasteiger partial charge in [-0.3, -0.25) is 14.5 Å². The number of carbonyl (C=O) groups excluding carboxylic acids is 1. The SMILES string of the molecule is O=C(Cn1nc(-c2ccco2)ccc1=O)N1CCCC2=C[C@H]3C[C@H](CN4CCCC[C@H]34)[C@@H]21. The summed E-state index contributed by atoms with van der Waals surface area (Å²) in [5.74, 6) is 1.72. The molecule has 2 aromatic rings. The summed E-state index contributed by atoms with van der Waals surface area (Å²) in [7, 11) is 0. The van der Waals surface area contributed by atoms with Gasteiger partial charge < -0.3 is 9.32 Å². The van der Waals surface area contributed by atoms with Gasteiger partial charge in [0.2, 0.25) is 5.91 Å². The van der Waals surface area contributed by atoms with Gasteiger partial charge in [0.15, 0.2) is 5.76 Å². The summed E-state index contributed by atoms with van der Waals surface area (Å²) in [6, 6.07) is 7.57. The standard InChI is InChI=1S/C25H30N4O3/c30-23-9-8-20(22-7-4-12-32-22)26-29(23)16-24(31)28-11-3-5-17-13-18-14-19(25(17)28)15-27-10-2-1-6-21(18)27/h4,7-9,12-13,18-19,21,25H,1-3,5-6,10-11,14-16H2/t18-,19+,21+,25+/m0/s1. The zero-order valence-corrected chi connectivity index (χ0v) is 18.4. The van der Waals surface area contributed by atoms with Crippen molar-refractivity contribution in [2.45, 2.75) is 57.2 Å². The number of piperidine rings is 3. The number of amides is 1. The molecule has 32 heavy (non-hydrogen) atoms. The molecule has 0 unspecified atom stereocenters. The van der Waals surface area contributed by atoms with Gasteiger partial charge in [-0.1, -0.05) is 18.1 Å². The van der Waals surface area contributed by atoms with Gasteiger partial charge in [-0.05, 0) is 68.7 Å². The zero-order chi connectivity index (χ0) is 21.7. The molecule has 3 aliphatic heterocycles. The Morgan fingerprint density at radius 3 is 2.97 bits per heavy atom. The van der Waals surface area contributed by atoms with Crippen molar-refractivity contribution in [2.24, 2.45) is 11.8 Å². The summed E-state index contributed by atoms with van der Waals surface area (Å²) in [5, 5.41) is 4.41. The van der Waals surface area contributed by atoms with Crippen LogP contribution >= 0.6 is 0 Å². The molecule has 3 saturated heterocycles. The molecule has 0 saturated carbocycles. The molecular weight excluding hydrogens is 404 g/mol. The van der Waals surface area contributed by atoms with Crippen LogP contribution in [0.15, 0.2) is 51.4 Å². The Balaban J connectivity index is 1.26. The Labute approximate surface area is 187 Å². The lowest BCUT2D eigenvalue weighted by Crippen LogP contribution is -2.60. The summed E-state index contributed by atoms with van der Waals surface area (Å²) in [4.78, 5) is 30.7. The van der Waals surface area contributed by atoms with Crippen LogP contribution in [0.3, 0.4) is 0 Å². The number of rotatable bonds is 3. The third-order valence-corrected chi connectivity index (χ3v) is 7.90. The lowest BCUT2D eigenvalue weighted by Gasteiger charge is -2.54. The fourth-order valence-electron chi connectivity index (χ4n) is 6.59. The number of nitrogens with zero attached hydrogens (tertiary/aromatic N) is 4. The van der Waals surface area contributed by atoms with Crippen LogP contribution in [-0.2, 0) is 11.3 Å². The summed E-state index contributed by atoms with van der Waals surface area (Å²) >= 11 is 0. The molecule has 3 fully saturated rings. The van der Waals surface area contributed by atoms with E-state index in [1.165, 1.54) is 48.5 Å². The summed E-state index contributed by atoms with van der Waals surface area (Å²) < 4.78 is 6.69. The van der Waals surface area contributed by atoms with E-state index in [0.29, 0.717) is 29.3 Å². The fraction of sp³-hybridized carbons (Fsp3) is 0.560. The Morgan fingerprint density at radius 2 is 2.09 bits per heavy atom. The Morgan fingerprint density at radius 1 is 1.16 bits per heavy atom. The van der Waals surface area contributed by atoms with E-state index >= 15 is 0 Å². The summed E-state index contributed by atoms with van der Waals surface area (Å²) in [6.45, 7) is 3.03. The first-order chi connectivity index (χ1) is 15.7. The van der Waals surface area contributed by atoms with E-state index in [9.17, 15) is 9.59 Å². The molecule has 0 spiro atoms. The maximum atomic E-state index is 13.5. The van der Waals surface area contributed by atoms with Crippen LogP contribution in [0.1, 0.15) is 38.5 Å². The maximum Gasteiger partial charge on any atom is 0.267 e. The molecule has 4 atom stereocenters. The predicted molar refractivity (Wildman–Crippen MR) is 120 cm³/mol. The molecule has 0 N–H and O–H groups in total. The highest BCUT2D eigenvalue weighted by atomic mass is 16.3. The monoisotopic (exact) mass is 434 g/mol. The van der Waals surface area contributed by atoms with E-state index in [-0.39, 0.29) is 24.1 Å². The molecule has 5 heterocycles. The minimum Gasteiger partial charge on any atom is -0.463 e. The Kier molecular flexibility index (Phi) is 5.01. The quantitative estimate of drug-likeness (QED) is 0.695.